The van der Waals surface area contributed by atoms with Crippen molar-refractivity contribution in [3.05, 3.63) is 0 Å². The van der Waals surface area contributed by atoms with Gasteiger partial charge in [0.1, 0.15) is 0 Å². The number of hydrogen-bond acceptors (Lipinski definition) is 2. The van der Waals surface area contributed by atoms with E-state index in [2.05, 4.69) is 59.1 Å². The summed E-state index contributed by atoms with van der Waals surface area (Å²) in [6.07, 6.45) is 1.31. The van der Waals surface area contributed by atoms with Crippen molar-refractivity contribution in [3.63, 3.8) is 0 Å². The third kappa shape index (κ3) is 5.68. The average Bonchev–Trinajstić information content (AvgIpc) is 2.50. The summed E-state index contributed by atoms with van der Waals surface area (Å²) in [5.41, 5.74) is 0.480. The summed E-state index contributed by atoms with van der Waals surface area (Å²) in [7, 11) is 6.82. The quantitative estimate of drug-likeness (QED) is 0.729. The van der Waals surface area contributed by atoms with Crippen LogP contribution in [0.2, 0.25) is 0 Å². The van der Waals surface area contributed by atoms with Crippen LogP contribution < -0.4 is 5.32 Å². The Balaban J connectivity index is 2.44. The molecule has 0 bridgehead atoms. The molecule has 0 aliphatic carbocycles. The molecule has 1 atom stereocenters. The highest BCUT2D eigenvalue weighted by Gasteiger charge is 2.31. The van der Waals surface area contributed by atoms with Crippen molar-refractivity contribution in [2.75, 3.05) is 47.3 Å². The molecule has 1 aliphatic rings. The van der Waals surface area contributed by atoms with Crippen LogP contribution in [-0.2, 0) is 0 Å². The molecule has 1 N–H and O–H groups in total. The molecule has 1 rings (SSSR count). The predicted molar refractivity (Wildman–Crippen MR) is 79.8 cm³/mol. The molecule has 0 spiro atoms. The second kappa shape index (κ2) is 5.89. The van der Waals surface area contributed by atoms with Crippen LogP contribution in [0.1, 0.15) is 34.1 Å². The molecular formula is C15H34N3+. The van der Waals surface area contributed by atoms with Gasteiger partial charge in [-0.2, -0.15) is 0 Å². The van der Waals surface area contributed by atoms with Gasteiger partial charge in [0.25, 0.3) is 0 Å². The van der Waals surface area contributed by atoms with Crippen molar-refractivity contribution in [3.8, 4) is 0 Å². The van der Waals surface area contributed by atoms with Crippen molar-refractivity contribution < 1.29 is 4.48 Å². The molecule has 0 aromatic carbocycles. The van der Waals surface area contributed by atoms with E-state index in [1.54, 1.807) is 0 Å². The van der Waals surface area contributed by atoms with E-state index in [0.717, 1.165) is 4.48 Å². The first-order chi connectivity index (χ1) is 8.09. The van der Waals surface area contributed by atoms with Gasteiger partial charge in [0.15, 0.2) is 0 Å². The highest BCUT2D eigenvalue weighted by atomic mass is 15.3. The van der Waals surface area contributed by atoms with Gasteiger partial charge in [0, 0.05) is 31.7 Å². The molecule has 3 nitrogen and oxygen atoms in total. The van der Waals surface area contributed by atoms with Gasteiger partial charge in [0.05, 0.1) is 27.7 Å². The summed E-state index contributed by atoms with van der Waals surface area (Å²) in [5, 5.41) is 3.68. The lowest BCUT2D eigenvalue weighted by atomic mass is 9.90. The highest BCUT2D eigenvalue weighted by molar-refractivity contribution is 4.89. The van der Waals surface area contributed by atoms with Crippen LogP contribution in [0.15, 0.2) is 0 Å². The summed E-state index contributed by atoms with van der Waals surface area (Å²) in [6.45, 7) is 14.1. The number of nitrogens with zero attached hydrogens (tertiary/aromatic N) is 2. The highest BCUT2D eigenvalue weighted by Crippen LogP contribution is 2.27. The number of likely N-dealkylation sites (N-methyl/N-ethyl adjacent to an activating group) is 1. The maximum Gasteiger partial charge on any atom is 0.0909 e. The van der Waals surface area contributed by atoms with E-state index in [1.165, 1.54) is 32.6 Å². The predicted octanol–water partition coefficient (Wildman–Crippen LogP) is 1.79. The Bertz CT molecular complexity index is 253. The van der Waals surface area contributed by atoms with Gasteiger partial charge >= 0.3 is 0 Å². The Morgan fingerprint density at radius 1 is 1.28 bits per heavy atom. The van der Waals surface area contributed by atoms with Crippen molar-refractivity contribution in [2.24, 2.45) is 5.41 Å². The largest absolute Gasteiger partial charge is 0.330 e. The van der Waals surface area contributed by atoms with Crippen LogP contribution in [0.5, 0.6) is 0 Å². The van der Waals surface area contributed by atoms with Crippen LogP contribution in [0.25, 0.3) is 0 Å². The molecule has 0 aromatic rings. The molecule has 3 heteroatoms. The van der Waals surface area contributed by atoms with Gasteiger partial charge < -0.3 is 9.80 Å². The lowest BCUT2D eigenvalue weighted by Crippen LogP contribution is -2.47. The molecule has 0 aromatic heterocycles. The maximum atomic E-state index is 3.68. The van der Waals surface area contributed by atoms with E-state index in [1.807, 2.05) is 0 Å². The van der Waals surface area contributed by atoms with E-state index in [-0.39, 0.29) is 0 Å². The van der Waals surface area contributed by atoms with Gasteiger partial charge in [-0.3, -0.25) is 4.90 Å². The van der Waals surface area contributed by atoms with Gasteiger partial charge in [-0.25, -0.2) is 0 Å². The second-order valence-corrected chi connectivity index (χ2v) is 8.05. The second-order valence-electron chi connectivity index (χ2n) is 8.05. The first kappa shape index (κ1) is 15.9. The van der Waals surface area contributed by atoms with Gasteiger partial charge in [-0.1, -0.05) is 13.8 Å². The van der Waals surface area contributed by atoms with E-state index >= 15 is 0 Å². The lowest BCUT2D eigenvalue weighted by Gasteiger charge is -2.33. The van der Waals surface area contributed by atoms with E-state index in [4.69, 9.17) is 0 Å². The van der Waals surface area contributed by atoms with E-state index in [9.17, 15) is 0 Å². The molecule has 108 valence electrons. The van der Waals surface area contributed by atoms with Gasteiger partial charge in [0.2, 0.25) is 0 Å². The molecule has 1 saturated heterocycles. The van der Waals surface area contributed by atoms with Crippen molar-refractivity contribution in [1.82, 2.24) is 10.2 Å². The first-order valence-electron chi connectivity index (χ1n) is 7.37. The van der Waals surface area contributed by atoms with Gasteiger partial charge in [-0.15, -0.1) is 0 Å². The third-order valence-corrected chi connectivity index (χ3v) is 3.91. The Morgan fingerprint density at radius 3 is 2.28 bits per heavy atom. The molecule has 18 heavy (non-hydrogen) atoms. The van der Waals surface area contributed by atoms with Crippen molar-refractivity contribution in [2.45, 2.75) is 46.2 Å². The zero-order chi connectivity index (χ0) is 14.0. The molecular weight excluding hydrogens is 222 g/mol. The molecule has 0 saturated carbocycles. The Kier molecular flexibility index (Phi) is 5.22. The summed E-state index contributed by atoms with van der Waals surface area (Å²) in [5.74, 6) is 0. The van der Waals surface area contributed by atoms with Crippen LogP contribution in [0, 0.1) is 5.41 Å². The van der Waals surface area contributed by atoms with E-state index in [0.29, 0.717) is 17.5 Å². The van der Waals surface area contributed by atoms with E-state index < -0.39 is 0 Å². The Hall–Kier alpha value is -0.120. The molecule has 1 fully saturated rings. The summed E-state index contributed by atoms with van der Waals surface area (Å²) >= 11 is 0. The average molecular weight is 256 g/mol. The number of rotatable bonds is 6. The minimum Gasteiger partial charge on any atom is -0.330 e. The number of nitrogens with one attached hydrogen (secondary N) is 1. The summed E-state index contributed by atoms with van der Waals surface area (Å²) in [4.78, 5) is 2.63. The smallest absolute Gasteiger partial charge is 0.0909 e. The number of hydrogen-bond donors (Lipinski definition) is 1. The third-order valence-electron chi connectivity index (χ3n) is 3.91. The zero-order valence-corrected chi connectivity index (χ0v) is 13.6. The van der Waals surface area contributed by atoms with Crippen LogP contribution in [0.4, 0.5) is 0 Å². The van der Waals surface area contributed by atoms with Crippen LogP contribution in [0.3, 0.4) is 0 Å². The normalized spacial score (nSPS) is 24.2. The minimum atomic E-state index is 0.480. The zero-order valence-electron chi connectivity index (χ0n) is 13.6. The summed E-state index contributed by atoms with van der Waals surface area (Å²) < 4.78 is 1.05. The molecule has 1 aliphatic heterocycles. The molecule has 0 radical (unpaired) electrons. The van der Waals surface area contributed by atoms with Gasteiger partial charge in [-0.05, 0) is 25.7 Å². The summed E-state index contributed by atoms with van der Waals surface area (Å²) in [6, 6.07) is 1.32. The topological polar surface area (TPSA) is 15.3 Å². The van der Waals surface area contributed by atoms with Crippen molar-refractivity contribution in [1.29, 1.82) is 0 Å². The maximum absolute atomic E-state index is 3.68. The van der Waals surface area contributed by atoms with Crippen molar-refractivity contribution >= 4 is 0 Å². The molecule has 0 amide bonds. The monoisotopic (exact) mass is 256 g/mol. The number of quaternary nitrogens is 1. The minimum absolute atomic E-state index is 0.480. The van der Waals surface area contributed by atoms with Crippen LogP contribution in [-0.4, -0.2) is 68.8 Å². The first-order valence-corrected chi connectivity index (χ1v) is 7.37. The lowest BCUT2D eigenvalue weighted by molar-refractivity contribution is -0.869. The standard InChI is InChI=1S/C15H34N3/c1-13(2)17(8-9-18(5,6)7)11-14-10-15(3,4)12-16-14/h13-14,16H,8-12H2,1-7H3/q+1. The molecule has 1 heterocycles. The Labute approximate surface area is 114 Å². The fourth-order valence-electron chi connectivity index (χ4n) is 2.63. The van der Waals surface area contributed by atoms with Crippen LogP contribution >= 0.6 is 0 Å². The fraction of sp³-hybridized carbons (Fsp3) is 1.00. The fourth-order valence-corrected chi connectivity index (χ4v) is 2.63. The Morgan fingerprint density at radius 2 is 1.89 bits per heavy atom. The SMILES string of the molecule is CC(C)N(CC[N+](C)(C)C)CC1CC(C)(C)CN1. The molecule has 1 unspecified atom stereocenters.